The van der Waals surface area contributed by atoms with Crippen LogP contribution in [-0.4, -0.2) is 56.8 Å². The van der Waals surface area contributed by atoms with Crippen LogP contribution in [0.1, 0.15) is 62.5 Å². The van der Waals surface area contributed by atoms with E-state index < -0.39 is 0 Å². The van der Waals surface area contributed by atoms with Crippen LogP contribution < -0.4 is 22.1 Å². The average molecular weight is 473 g/mol. The Balaban J connectivity index is -0.00000112. The van der Waals surface area contributed by atoms with Gasteiger partial charge >= 0.3 is 0 Å². The molecule has 8 nitrogen and oxygen atoms in total. The standard InChI is InChI=1S/C23H43N5O2.2CH4.H3N.H2/c1-17(18(2)16-25-5)13-21(20(4)24)14-22-15-23(28(7)26-22)27(6)10-9-19(3)30-12-11-29-8;;;;/h15-17,19,25H,9-14,24H2,1-8H3;2*1H4;1H3;1H/b18-16+,21-20-;;;;. The summed E-state index contributed by atoms with van der Waals surface area (Å²) in [7, 11) is 7.71. The quantitative estimate of drug-likeness (QED) is 0.330. The maximum Gasteiger partial charge on any atom is 0.126 e. The highest BCUT2D eigenvalue weighted by Gasteiger charge is 2.15. The highest BCUT2D eigenvalue weighted by atomic mass is 16.5. The van der Waals surface area contributed by atoms with Crippen molar-refractivity contribution >= 4 is 5.82 Å². The predicted octanol–water partition coefficient (Wildman–Crippen LogP) is 4.90. The highest BCUT2D eigenvalue weighted by Crippen LogP contribution is 2.24. The number of hydrogen-bond acceptors (Lipinski definition) is 7. The summed E-state index contributed by atoms with van der Waals surface area (Å²) in [6.45, 7) is 10.6. The molecule has 0 aromatic carbocycles. The molecule has 1 aromatic rings. The molecule has 0 fully saturated rings. The van der Waals surface area contributed by atoms with E-state index in [1.165, 1.54) is 11.1 Å². The number of nitrogens with zero attached hydrogens (tertiary/aromatic N) is 3. The molecule has 6 N–H and O–H groups in total. The van der Waals surface area contributed by atoms with E-state index in [4.69, 9.17) is 20.3 Å². The third-order valence-corrected chi connectivity index (χ3v) is 5.51. The summed E-state index contributed by atoms with van der Waals surface area (Å²) < 4.78 is 12.7. The molecular formula is C25H56N6O2. The van der Waals surface area contributed by atoms with E-state index in [2.05, 4.69) is 50.3 Å². The molecule has 0 aliphatic rings. The number of anilines is 1. The monoisotopic (exact) mass is 472 g/mol. The molecule has 0 aliphatic carbocycles. The third kappa shape index (κ3) is 12.7. The van der Waals surface area contributed by atoms with Gasteiger partial charge in [0.1, 0.15) is 5.82 Å². The van der Waals surface area contributed by atoms with E-state index in [-0.39, 0.29) is 28.5 Å². The summed E-state index contributed by atoms with van der Waals surface area (Å²) in [4.78, 5) is 2.23. The molecule has 2 atom stereocenters. The van der Waals surface area contributed by atoms with Crippen molar-refractivity contribution in [3.63, 3.8) is 0 Å². The number of rotatable bonds is 14. The first-order valence-electron chi connectivity index (χ1n) is 10.8. The summed E-state index contributed by atoms with van der Waals surface area (Å²) >= 11 is 0. The minimum absolute atomic E-state index is 0. The van der Waals surface area contributed by atoms with Crippen LogP contribution in [0.4, 0.5) is 5.82 Å². The first kappa shape index (κ1) is 35.6. The van der Waals surface area contributed by atoms with Gasteiger partial charge in [0, 0.05) is 54.4 Å². The Morgan fingerprint density at radius 1 is 1.30 bits per heavy atom. The molecular weight excluding hydrogens is 416 g/mol. The van der Waals surface area contributed by atoms with Gasteiger partial charge in [0.2, 0.25) is 0 Å². The molecule has 0 radical (unpaired) electrons. The van der Waals surface area contributed by atoms with Crippen molar-refractivity contribution in [2.45, 2.75) is 67.9 Å². The van der Waals surface area contributed by atoms with Crippen LogP contribution in [0.3, 0.4) is 0 Å². The lowest BCUT2D eigenvalue weighted by Crippen LogP contribution is -2.25. The van der Waals surface area contributed by atoms with Crippen molar-refractivity contribution in [2.75, 3.05) is 45.9 Å². The van der Waals surface area contributed by atoms with Crippen LogP contribution in [0.2, 0.25) is 0 Å². The molecule has 0 aliphatic heterocycles. The Hall–Kier alpha value is -2.03. The Bertz CT molecular complexity index is 702. The maximum atomic E-state index is 6.22. The molecule has 1 rings (SSSR count). The van der Waals surface area contributed by atoms with E-state index in [0.29, 0.717) is 19.1 Å². The molecule has 2 unspecified atom stereocenters. The third-order valence-electron chi connectivity index (χ3n) is 5.51. The van der Waals surface area contributed by atoms with Crippen molar-refractivity contribution in [3.8, 4) is 0 Å². The average Bonchev–Trinajstić information content (AvgIpc) is 3.06. The molecule has 0 saturated heterocycles. The SMILES string of the molecule is C.C.CN/C=C(\C)C(C)C/C(Cc1cc(N(C)CCC(C)OCCOC)n(C)n1)=C(\C)N.N.[HH]. The summed E-state index contributed by atoms with van der Waals surface area (Å²) in [5.74, 6) is 1.53. The molecule has 0 bridgehead atoms. The normalized spacial score (nSPS) is 13.6. The number of methoxy groups -OCH3 is 1. The Kier molecular flexibility index (Phi) is 19.8. The number of nitrogens with one attached hydrogen (secondary N) is 1. The Morgan fingerprint density at radius 2 is 1.94 bits per heavy atom. The van der Waals surface area contributed by atoms with E-state index >= 15 is 0 Å². The van der Waals surface area contributed by atoms with Gasteiger partial charge in [-0.15, -0.1) is 0 Å². The topological polar surface area (TPSA) is 113 Å². The van der Waals surface area contributed by atoms with Gasteiger partial charge in [0.25, 0.3) is 0 Å². The molecule has 8 heteroatoms. The summed E-state index contributed by atoms with van der Waals surface area (Å²) in [6.07, 6.45) is 4.91. The van der Waals surface area contributed by atoms with Crippen LogP contribution in [0.25, 0.3) is 0 Å². The smallest absolute Gasteiger partial charge is 0.126 e. The van der Waals surface area contributed by atoms with Crippen LogP contribution in [0.15, 0.2) is 29.1 Å². The van der Waals surface area contributed by atoms with Gasteiger partial charge in [-0.2, -0.15) is 5.10 Å². The van der Waals surface area contributed by atoms with E-state index in [1.807, 2.05) is 25.7 Å². The zero-order valence-electron chi connectivity index (χ0n) is 21.0. The fourth-order valence-corrected chi connectivity index (χ4v) is 3.36. The summed E-state index contributed by atoms with van der Waals surface area (Å²) in [5.41, 5.74) is 10.7. The maximum absolute atomic E-state index is 6.22. The van der Waals surface area contributed by atoms with Crippen molar-refractivity contribution < 1.29 is 10.9 Å². The molecule has 0 saturated carbocycles. The van der Waals surface area contributed by atoms with Crippen molar-refractivity contribution in [1.82, 2.24) is 21.2 Å². The molecule has 0 spiro atoms. The summed E-state index contributed by atoms with van der Waals surface area (Å²) in [6, 6.07) is 2.17. The molecule has 198 valence electrons. The number of ether oxygens (including phenoxy) is 2. The van der Waals surface area contributed by atoms with Crippen LogP contribution in [0.5, 0.6) is 0 Å². The lowest BCUT2D eigenvalue weighted by Gasteiger charge is -2.21. The van der Waals surface area contributed by atoms with Crippen LogP contribution in [0, 0.1) is 5.92 Å². The lowest BCUT2D eigenvalue weighted by atomic mass is 9.91. The number of nitrogens with two attached hydrogens (primary N) is 1. The zero-order valence-corrected chi connectivity index (χ0v) is 21.0. The highest BCUT2D eigenvalue weighted by molar-refractivity contribution is 5.41. The fraction of sp³-hybridized carbons (Fsp3) is 0.720. The Labute approximate surface area is 205 Å². The Morgan fingerprint density at radius 3 is 2.48 bits per heavy atom. The first-order valence-corrected chi connectivity index (χ1v) is 10.8. The van der Waals surface area contributed by atoms with Crippen LogP contribution in [-0.2, 0) is 22.9 Å². The van der Waals surface area contributed by atoms with E-state index in [9.17, 15) is 0 Å². The lowest BCUT2D eigenvalue weighted by molar-refractivity contribution is 0.0236. The minimum Gasteiger partial charge on any atom is -0.402 e. The van der Waals surface area contributed by atoms with Gasteiger partial charge in [-0.3, -0.25) is 4.68 Å². The van der Waals surface area contributed by atoms with Gasteiger partial charge < -0.3 is 31.6 Å². The molecule has 1 heterocycles. The van der Waals surface area contributed by atoms with E-state index in [0.717, 1.165) is 43.0 Å². The number of allylic oxidation sites excluding steroid dienone is 3. The van der Waals surface area contributed by atoms with E-state index in [1.54, 1.807) is 7.11 Å². The second-order valence-electron chi connectivity index (χ2n) is 8.25. The van der Waals surface area contributed by atoms with Gasteiger partial charge in [-0.05, 0) is 51.3 Å². The van der Waals surface area contributed by atoms with Gasteiger partial charge in [0.05, 0.1) is 25.0 Å². The van der Waals surface area contributed by atoms with Crippen LogP contribution >= 0.6 is 0 Å². The number of aromatic nitrogens is 2. The molecule has 1 aromatic heterocycles. The second-order valence-corrected chi connectivity index (χ2v) is 8.25. The zero-order chi connectivity index (χ0) is 22.7. The largest absolute Gasteiger partial charge is 0.402 e. The van der Waals surface area contributed by atoms with Crippen molar-refractivity contribution in [3.05, 3.63) is 34.8 Å². The molecule has 0 amide bonds. The van der Waals surface area contributed by atoms with Gasteiger partial charge in [-0.1, -0.05) is 27.4 Å². The second kappa shape index (κ2) is 18.4. The van der Waals surface area contributed by atoms with Crippen molar-refractivity contribution in [1.29, 1.82) is 0 Å². The predicted molar refractivity (Wildman–Crippen MR) is 146 cm³/mol. The summed E-state index contributed by atoms with van der Waals surface area (Å²) in [5, 5.41) is 7.85. The van der Waals surface area contributed by atoms with Gasteiger partial charge in [0.15, 0.2) is 0 Å². The minimum atomic E-state index is 0. The number of aryl methyl sites for hydroxylation is 1. The first-order chi connectivity index (χ1) is 14.2. The van der Waals surface area contributed by atoms with Crippen molar-refractivity contribution in [2.24, 2.45) is 18.7 Å². The molecule has 33 heavy (non-hydrogen) atoms. The number of hydrogen-bond donors (Lipinski definition) is 3. The fourth-order valence-electron chi connectivity index (χ4n) is 3.36. The van der Waals surface area contributed by atoms with Gasteiger partial charge in [-0.25, -0.2) is 0 Å².